The fourth-order valence-corrected chi connectivity index (χ4v) is 5.40. The number of quaternary nitrogens is 1. The third-order valence-electron chi connectivity index (χ3n) is 5.37. The van der Waals surface area contributed by atoms with Gasteiger partial charge in [-0.25, -0.2) is 12.8 Å². The van der Waals surface area contributed by atoms with E-state index in [0.717, 1.165) is 39.5 Å². The number of carbonyl (C=O) groups excluding carboxylic acids is 1. The van der Waals surface area contributed by atoms with Crippen LogP contribution in [0.4, 0.5) is 23.2 Å². The number of anilines is 1. The Bertz CT molecular complexity index is 1100. The molecule has 1 aliphatic heterocycles. The molecule has 174 valence electrons. The first-order chi connectivity index (χ1) is 14.9. The fraction of sp³-hybridized carbons (Fsp3) is 0.350. The Morgan fingerprint density at radius 3 is 2.38 bits per heavy atom. The lowest BCUT2D eigenvalue weighted by Gasteiger charge is -2.34. The summed E-state index contributed by atoms with van der Waals surface area (Å²) in [6, 6.07) is 7.03. The maximum absolute atomic E-state index is 13.3. The minimum absolute atomic E-state index is 0.0415. The minimum Gasteiger partial charge on any atom is -0.323 e. The number of piperazine rings is 1. The van der Waals surface area contributed by atoms with Crippen LogP contribution < -0.4 is 10.2 Å². The van der Waals surface area contributed by atoms with E-state index in [1.54, 1.807) is 6.92 Å². The van der Waals surface area contributed by atoms with E-state index >= 15 is 0 Å². The maximum atomic E-state index is 13.3. The molecular weight excluding hydrogens is 474 g/mol. The molecule has 3 rings (SSSR count). The number of hydrogen-bond donors (Lipinski definition) is 2. The molecule has 1 fully saturated rings. The van der Waals surface area contributed by atoms with Crippen molar-refractivity contribution in [3.05, 3.63) is 58.9 Å². The largest absolute Gasteiger partial charge is 0.417 e. The van der Waals surface area contributed by atoms with Gasteiger partial charge >= 0.3 is 6.18 Å². The van der Waals surface area contributed by atoms with E-state index in [1.807, 2.05) is 0 Å². The lowest BCUT2D eigenvalue weighted by molar-refractivity contribution is -0.917. The summed E-state index contributed by atoms with van der Waals surface area (Å²) < 4.78 is 79.7. The molecule has 0 spiro atoms. The molecule has 0 aliphatic carbocycles. The predicted octanol–water partition coefficient (Wildman–Crippen LogP) is 2.41. The number of benzene rings is 2. The molecule has 1 aliphatic rings. The Morgan fingerprint density at radius 2 is 1.78 bits per heavy atom. The zero-order valence-corrected chi connectivity index (χ0v) is 18.5. The number of alkyl halides is 3. The van der Waals surface area contributed by atoms with Crippen molar-refractivity contribution in [3.63, 3.8) is 0 Å². The van der Waals surface area contributed by atoms with Crippen LogP contribution in [0.1, 0.15) is 12.5 Å². The highest BCUT2D eigenvalue weighted by molar-refractivity contribution is 7.89. The third kappa shape index (κ3) is 5.22. The second-order valence-electron chi connectivity index (χ2n) is 7.39. The quantitative estimate of drug-likeness (QED) is 0.627. The molecule has 1 atom stereocenters. The van der Waals surface area contributed by atoms with Crippen LogP contribution in [0.25, 0.3) is 0 Å². The Balaban J connectivity index is 1.67. The number of nitrogens with zero attached hydrogens (tertiary/aromatic N) is 1. The van der Waals surface area contributed by atoms with Gasteiger partial charge in [-0.3, -0.25) is 4.79 Å². The van der Waals surface area contributed by atoms with Gasteiger partial charge in [0, 0.05) is 0 Å². The molecule has 0 aromatic heterocycles. The standard InChI is InChI=1S/C20H20ClF4N3O3S/c1-13(19(29)26-17-7-6-14(22)12-16(17)21)27-8-10-28(11-9-27)32(30,31)18-5-3-2-4-15(18)20(23,24)25/h2-7,12-13H,8-11H2,1H3,(H,26,29)/p+1/t13-/m0/s1. The first-order valence-electron chi connectivity index (χ1n) is 9.68. The lowest BCUT2D eigenvalue weighted by Crippen LogP contribution is -3.19. The second kappa shape index (κ2) is 9.34. The van der Waals surface area contributed by atoms with E-state index in [9.17, 15) is 30.8 Å². The number of carbonyl (C=O) groups is 1. The van der Waals surface area contributed by atoms with Crippen molar-refractivity contribution in [3.8, 4) is 0 Å². The van der Waals surface area contributed by atoms with Gasteiger partial charge < -0.3 is 10.2 Å². The molecule has 0 radical (unpaired) electrons. The summed E-state index contributed by atoms with van der Waals surface area (Å²) >= 11 is 5.92. The Hall–Kier alpha value is -2.21. The van der Waals surface area contributed by atoms with Crippen molar-refractivity contribution in [2.24, 2.45) is 0 Å². The Morgan fingerprint density at radius 1 is 1.16 bits per heavy atom. The highest BCUT2D eigenvalue weighted by atomic mass is 35.5. The van der Waals surface area contributed by atoms with E-state index in [0.29, 0.717) is 0 Å². The zero-order valence-electron chi connectivity index (χ0n) is 16.9. The van der Waals surface area contributed by atoms with Crippen LogP contribution >= 0.6 is 11.6 Å². The number of sulfonamides is 1. The van der Waals surface area contributed by atoms with Gasteiger partial charge in [0.15, 0.2) is 6.04 Å². The summed E-state index contributed by atoms with van der Waals surface area (Å²) in [5, 5.41) is 2.65. The van der Waals surface area contributed by atoms with Crippen molar-refractivity contribution in [1.82, 2.24) is 4.31 Å². The predicted molar refractivity (Wildman–Crippen MR) is 110 cm³/mol. The number of halogens is 5. The molecule has 6 nitrogen and oxygen atoms in total. The monoisotopic (exact) mass is 494 g/mol. The van der Waals surface area contributed by atoms with Crippen LogP contribution in [0.3, 0.4) is 0 Å². The topological polar surface area (TPSA) is 70.9 Å². The fourth-order valence-electron chi connectivity index (χ4n) is 3.53. The van der Waals surface area contributed by atoms with E-state index < -0.39 is 44.4 Å². The van der Waals surface area contributed by atoms with Crippen LogP contribution in [0, 0.1) is 5.82 Å². The number of hydrogen-bond acceptors (Lipinski definition) is 3. The number of rotatable bonds is 5. The summed E-state index contributed by atoms with van der Waals surface area (Å²) in [5.74, 6) is -0.941. The van der Waals surface area contributed by atoms with Gasteiger partial charge in [0.25, 0.3) is 5.91 Å². The normalized spacial score (nSPS) is 17.2. The molecule has 0 saturated carbocycles. The Kier molecular flexibility index (Phi) is 7.13. The Labute approximate surface area is 187 Å². The molecule has 1 amide bonds. The van der Waals surface area contributed by atoms with Gasteiger partial charge in [-0.2, -0.15) is 17.5 Å². The van der Waals surface area contributed by atoms with Crippen molar-refractivity contribution >= 4 is 33.2 Å². The van der Waals surface area contributed by atoms with E-state index in [-0.39, 0.29) is 36.9 Å². The minimum atomic E-state index is -4.80. The number of amides is 1. The summed E-state index contributed by atoms with van der Waals surface area (Å²) in [6.07, 6.45) is -4.80. The van der Waals surface area contributed by atoms with E-state index in [2.05, 4.69) is 5.32 Å². The van der Waals surface area contributed by atoms with Crippen molar-refractivity contribution in [1.29, 1.82) is 0 Å². The molecule has 2 aromatic rings. The van der Waals surface area contributed by atoms with Crippen LogP contribution in [0.15, 0.2) is 47.4 Å². The van der Waals surface area contributed by atoms with Crippen molar-refractivity contribution < 1.29 is 35.7 Å². The van der Waals surface area contributed by atoms with Crippen LogP contribution in [0.5, 0.6) is 0 Å². The molecule has 32 heavy (non-hydrogen) atoms. The van der Waals surface area contributed by atoms with Gasteiger partial charge in [0.05, 0.1) is 47.3 Å². The van der Waals surface area contributed by atoms with Crippen molar-refractivity contribution in [2.45, 2.75) is 24.0 Å². The molecule has 1 heterocycles. The van der Waals surface area contributed by atoms with Gasteiger partial charge in [-0.15, -0.1) is 0 Å². The molecule has 0 bridgehead atoms. The highest BCUT2D eigenvalue weighted by Crippen LogP contribution is 2.35. The smallest absolute Gasteiger partial charge is 0.323 e. The SMILES string of the molecule is C[C@@H](C(=O)Nc1ccc(F)cc1Cl)[NH+]1CCN(S(=O)(=O)c2ccccc2C(F)(F)F)CC1. The first-order valence-corrected chi connectivity index (χ1v) is 11.5. The van der Waals surface area contributed by atoms with Gasteiger partial charge in [0.2, 0.25) is 10.0 Å². The highest BCUT2D eigenvalue weighted by Gasteiger charge is 2.40. The molecule has 2 N–H and O–H groups in total. The lowest BCUT2D eigenvalue weighted by atomic mass is 10.2. The average Bonchev–Trinajstić information content (AvgIpc) is 2.74. The van der Waals surface area contributed by atoms with Crippen LogP contribution in [-0.2, 0) is 21.0 Å². The summed E-state index contributed by atoms with van der Waals surface area (Å²) in [4.78, 5) is 12.5. The van der Waals surface area contributed by atoms with E-state index in [4.69, 9.17) is 11.6 Å². The molecule has 12 heteroatoms. The maximum Gasteiger partial charge on any atom is 0.417 e. The zero-order chi connectivity index (χ0) is 23.7. The third-order valence-corrected chi connectivity index (χ3v) is 7.64. The molecule has 1 saturated heterocycles. The summed E-state index contributed by atoms with van der Waals surface area (Å²) in [7, 11) is -4.36. The molecular formula is C20H21ClF4N3O3S+. The number of nitrogens with one attached hydrogen (secondary N) is 2. The van der Waals surface area contributed by atoms with Crippen LogP contribution in [-0.4, -0.2) is 50.9 Å². The second-order valence-corrected chi connectivity index (χ2v) is 9.70. The average molecular weight is 495 g/mol. The van der Waals surface area contributed by atoms with Crippen LogP contribution in [0.2, 0.25) is 5.02 Å². The van der Waals surface area contributed by atoms with Gasteiger partial charge in [-0.1, -0.05) is 23.7 Å². The van der Waals surface area contributed by atoms with Crippen molar-refractivity contribution in [2.75, 3.05) is 31.5 Å². The molecule has 0 unspecified atom stereocenters. The first kappa shape index (κ1) is 24.4. The summed E-state index contributed by atoms with van der Waals surface area (Å²) in [6.45, 7) is 2.00. The van der Waals surface area contributed by atoms with Gasteiger partial charge in [-0.05, 0) is 37.3 Å². The molecule has 2 aromatic carbocycles. The van der Waals surface area contributed by atoms with Gasteiger partial charge in [0.1, 0.15) is 5.82 Å². The summed E-state index contributed by atoms with van der Waals surface area (Å²) in [5.41, 5.74) is -0.965. The van der Waals surface area contributed by atoms with E-state index in [1.165, 1.54) is 12.1 Å².